The van der Waals surface area contributed by atoms with E-state index < -0.39 is 11.9 Å². The molecule has 1 fully saturated rings. The maximum Gasteiger partial charge on any atom is 0.240 e. The molecule has 2 rings (SSSR count). The Labute approximate surface area is 139 Å². The van der Waals surface area contributed by atoms with Crippen molar-refractivity contribution in [2.75, 3.05) is 0 Å². The van der Waals surface area contributed by atoms with E-state index in [1.165, 1.54) is 6.42 Å². The molecule has 114 valence electrons. The quantitative estimate of drug-likeness (QED) is 0.746. The van der Waals surface area contributed by atoms with Crippen molar-refractivity contribution in [3.63, 3.8) is 0 Å². The first-order chi connectivity index (χ1) is 10.1. The van der Waals surface area contributed by atoms with Gasteiger partial charge in [-0.15, -0.1) is 0 Å². The van der Waals surface area contributed by atoms with Crippen LogP contribution in [-0.4, -0.2) is 17.9 Å². The predicted molar refractivity (Wildman–Crippen MR) is 90.6 cm³/mol. The largest absolute Gasteiger partial charge is 0.368 e. The van der Waals surface area contributed by atoms with Gasteiger partial charge in [0.1, 0.15) is 6.04 Å². The lowest BCUT2D eigenvalue weighted by atomic mass is 9.88. The third-order valence-electron chi connectivity index (χ3n) is 4.02. The number of benzene rings is 1. The van der Waals surface area contributed by atoms with Crippen molar-refractivity contribution in [3.8, 4) is 0 Å². The Morgan fingerprint density at radius 3 is 2.52 bits per heavy atom. The minimum Gasteiger partial charge on any atom is -0.368 e. The molecule has 0 radical (unpaired) electrons. The van der Waals surface area contributed by atoms with E-state index in [1.807, 2.05) is 24.3 Å². The number of nitrogens with one attached hydrogen (secondary N) is 1. The number of nitrogens with two attached hydrogens (primary N) is 1. The zero-order valence-corrected chi connectivity index (χ0v) is 14.1. The monoisotopic (exact) mass is 400 g/mol. The Bertz CT molecular complexity index is 513. The van der Waals surface area contributed by atoms with Gasteiger partial charge in [-0.2, -0.15) is 0 Å². The summed E-state index contributed by atoms with van der Waals surface area (Å²) in [6, 6.07) is 7.20. The van der Waals surface area contributed by atoms with Crippen LogP contribution in [-0.2, 0) is 16.0 Å². The van der Waals surface area contributed by atoms with Crippen molar-refractivity contribution in [3.05, 3.63) is 33.4 Å². The molecule has 1 aromatic rings. The van der Waals surface area contributed by atoms with Crippen molar-refractivity contribution in [2.45, 2.75) is 44.6 Å². The Kier molecular flexibility index (Phi) is 6.02. The molecule has 4 nitrogen and oxygen atoms in total. The van der Waals surface area contributed by atoms with Crippen LogP contribution >= 0.6 is 22.6 Å². The number of amides is 2. The molecule has 0 bridgehead atoms. The van der Waals surface area contributed by atoms with E-state index in [0.717, 1.165) is 34.8 Å². The highest BCUT2D eigenvalue weighted by atomic mass is 127. The lowest BCUT2D eigenvalue weighted by molar-refractivity contribution is -0.130. The molecule has 1 saturated carbocycles. The third kappa shape index (κ3) is 4.69. The van der Waals surface area contributed by atoms with Gasteiger partial charge in [0.25, 0.3) is 0 Å². The zero-order chi connectivity index (χ0) is 15.2. The van der Waals surface area contributed by atoms with E-state index in [0.29, 0.717) is 6.42 Å². The summed E-state index contributed by atoms with van der Waals surface area (Å²) < 4.78 is 1.08. The average Bonchev–Trinajstić information content (AvgIpc) is 2.49. The highest BCUT2D eigenvalue weighted by Gasteiger charge is 2.26. The molecule has 2 amide bonds. The second-order valence-electron chi connectivity index (χ2n) is 5.59. The minimum absolute atomic E-state index is 0.0237. The molecule has 1 aliphatic rings. The Balaban J connectivity index is 2.00. The molecule has 5 heteroatoms. The molecular formula is C16H21IN2O2. The van der Waals surface area contributed by atoms with E-state index >= 15 is 0 Å². The summed E-state index contributed by atoms with van der Waals surface area (Å²) >= 11 is 2.23. The number of rotatable bonds is 5. The first-order valence-corrected chi connectivity index (χ1v) is 8.49. The fourth-order valence-electron chi connectivity index (χ4n) is 2.76. The summed E-state index contributed by atoms with van der Waals surface area (Å²) in [5, 5.41) is 2.85. The standard InChI is InChI=1S/C16H21IN2O2/c17-13-9-5-4-8-12(13)10-14(15(18)20)19-16(21)11-6-2-1-3-7-11/h4-5,8-9,11,14H,1-3,6-7,10H2,(H2,18,20)(H,19,21)/t14-/m0/s1. The Morgan fingerprint density at radius 2 is 1.90 bits per heavy atom. The molecule has 0 unspecified atom stereocenters. The van der Waals surface area contributed by atoms with E-state index in [4.69, 9.17) is 5.73 Å². The summed E-state index contributed by atoms with van der Waals surface area (Å²) in [5.74, 6) is -0.460. The number of carbonyl (C=O) groups is 2. The maximum absolute atomic E-state index is 12.3. The molecule has 3 N–H and O–H groups in total. The Hall–Kier alpha value is -1.11. The van der Waals surface area contributed by atoms with Crippen LogP contribution in [0.1, 0.15) is 37.7 Å². The second kappa shape index (κ2) is 7.77. The van der Waals surface area contributed by atoms with Crippen LogP contribution in [0.4, 0.5) is 0 Å². The summed E-state index contributed by atoms with van der Waals surface area (Å²) in [5.41, 5.74) is 6.49. The van der Waals surface area contributed by atoms with Gasteiger partial charge in [0.05, 0.1) is 0 Å². The van der Waals surface area contributed by atoms with Crippen LogP contribution in [0.3, 0.4) is 0 Å². The van der Waals surface area contributed by atoms with Crippen LogP contribution in [0.25, 0.3) is 0 Å². The van der Waals surface area contributed by atoms with Crippen molar-refractivity contribution in [1.82, 2.24) is 5.32 Å². The first kappa shape index (κ1) is 16.3. The molecule has 0 saturated heterocycles. The van der Waals surface area contributed by atoms with Gasteiger partial charge < -0.3 is 11.1 Å². The van der Waals surface area contributed by atoms with Gasteiger partial charge in [-0.25, -0.2) is 0 Å². The molecule has 1 aromatic carbocycles. The van der Waals surface area contributed by atoms with Crippen LogP contribution < -0.4 is 11.1 Å². The van der Waals surface area contributed by atoms with Gasteiger partial charge in [0, 0.05) is 15.9 Å². The minimum atomic E-state index is -0.629. The van der Waals surface area contributed by atoms with Crippen molar-refractivity contribution >= 4 is 34.4 Å². The van der Waals surface area contributed by atoms with Crippen molar-refractivity contribution in [1.29, 1.82) is 0 Å². The van der Waals surface area contributed by atoms with Crippen LogP contribution in [0.5, 0.6) is 0 Å². The van der Waals surface area contributed by atoms with E-state index in [-0.39, 0.29) is 11.8 Å². The molecular weight excluding hydrogens is 379 g/mol. The molecule has 21 heavy (non-hydrogen) atoms. The fraction of sp³-hybridized carbons (Fsp3) is 0.500. The lowest BCUT2D eigenvalue weighted by Gasteiger charge is -2.24. The van der Waals surface area contributed by atoms with E-state index in [2.05, 4.69) is 27.9 Å². The van der Waals surface area contributed by atoms with Gasteiger partial charge in [0.15, 0.2) is 0 Å². The molecule has 1 aliphatic carbocycles. The van der Waals surface area contributed by atoms with Gasteiger partial charge in [-0.05, 0) is 47.1 Å². The average molecular weight is 400 g/mol. The first-order valence-electron chi connectivity index (χ1n) is 7.41. The number of hydrogen-bond acceptors (Lipinski definition) is 2. The van der Waals surface area contributed by atoms with E-state index in [1.54, 1.807) is 0 Å². The predicted octanol–water partition coefficient (Wildman–Crippen LogP) is 2.38. The van der Waals surface area contributed by atoms with Crippen LogP contribution in [0.15, 0.2) is 24.3 Å². The summed E-state index contributed by atoms with van der Waals surface area (Å²) in [6.45, 7) is 0. The molecule has 0 aromatic heterocycles. The third-order valence-corrected chi connectivity index (χ3v) is 5.07. The maximum atomic E-state index is 12.3. The molecule has 0 aliphatic heterocycles. The lowest BCUT2D eigenvalue weighted by Crippen LogP contribution is -2.48. The number of primary amides is 1. The highest BCUT2D eigenvalue weighted by molar-refractivity contribution is 14.1. The Morgan fingerprint density at radius 1 is 1.24 bits per heavy atom. The number of halogens is 1. The smallest absolute Gasteiger partial charge is 0.240 e. The zero-order valence-electron chi connectivity index (χ0n) is 12.0. The van der Waals surface area contributed by atoms with Gasteiger partial charge in [0.2, 0.25) is 11.8 Å². The van der Waals surface area contributed by atoms with Gasteiger partial charge in [-0.1, -0.05) is 37.5 Å². The van der Waals surface area contributed by atoms with Gasteiger partial charge in [-0.3, -0.25) is 9.59 Å². The van der Waals surface area contributed by atoms with Crippen LogP contribution in [0, 0.1) is 9.49 Å². The van der Waals surface area contributed by atoms with Crippen molar-refractivity contribution < 1.29 is 9.59 Å². The highest BCUT2D eigenvalue weighted by Crippen LogP contribution is 2.24. The summed E-state index contributed by atoms with van der Waals surface area (Å²) in [6.07, 6.45) is 5.67. The number of carbonyl (C=O) groups excluding carboxylic acids is 2. The van der Waals surface area contributed by atoms with Gasteiger partial charge >= 0.3 is 0 Å². The van der Waals surface area contributed by atoms with Crippen molar-refractivity contribution in [2.24, 2.45) is 11.7 Å². The number of hydrogen-bond donors (Lipinski definition) is 2. The summed E-state index contributed by atoms with van der Waals surface area (Å²) in [7, 11) is 0. The second-order valence-corrected chi connectivity index (χ2v) is 6.76. The SMILES string of the molecule is NC(=O)[C@H](Cc1ccccc1I)NC(=O)C1CCCCC1. The normalized spacial score (nSPS) is 17.2. The fourth-order valence-corrected chi connectivity index (χ4v) is 3.37. The topological polar surface area (TPSA) is 72.2 Å². The van der Waals surface area contributed by atoms with Crippen LogP contribution in [0.2, 0.25) is 0 Å². The van der Waals surface area contributed by atoms with E-state index in [9.17, 15) is 9.59 Å². The molecule has 0 spiro atoms. The molecule has 0 heterocycles. The summed E-state index contributed by atoms with van der Waals surface area (Å²) in [4.78, 5) is 23.9. The molecule has 1 atom stereocenters.